The molecule has 28 heavy (non-hydrogen) atoms. The molecule has 0 saturated carbocycles. The first-order valence-electron chi connectivity index (χ1n) is 8.78. The molecule has 2 atom stereocenters. The quantitative estimate of drug-likeness (QED) is 0.586. The van der Waals surface area contributed by atoms with Crippen LogP contribution in [0.4, 0.5) is 4.79 Å². The number of methoxy groups -OCH3 is 1. The number of nitrogens with one attached hydrogen (secondary N) is 2. The summed E-state index contributed by atoms with van der Waals surface area (Å²) in [6.45, 7) is 2.16. The molecule has 3 rings (SSSR count). The van der Waals surface area contributed by atoms with E-state index in [4.69, 9.17) is 10.5 Å². The minimum Gasteiger partial charge on any atom is -0.496 e. The van der Waals surface area contributed by atoms with E-state index in [0.717, 1.165) is 19.3 Å². The predicted molar refractivity (Wildman–Crippen MR) is 105 cm³/mol. The molecule has 2 aliphatic heterocycles. The van der Waals surface area contributed by atoms with Crippen LogP contribution in [-0.2, 0) is 20.4 Å². The maximum Gasteiger partial charge on any atom is 0.322 e. The van der Waals surface area contributed by atoms with Crippen molar-refractivity contribution in [3.05, 3.63) is 23.8 Å². The number of urea groups is 1. The summed E-state index contributed by atoms with van der Waals surface area (Å²) in [6, 6.07) is 3.43. The number of ether oxygens (including phenoxy) is 1. The standard InChI is InChI=1S/C17H24N4O5S.ClH/c1-17(15(22)19-16(23)20-17)13-9-12(6-7-14(13)26-2)27(24,25)21-8-4-3-5-11(21)10-18;/h6-7,9,11H,3-5,8,10,18H2,1-2H3,(H2,19,20,22,23);1H. The minimum absolute atomic E-state index is 0. The van der Waals surface area contributed by atoms with E-state index in [1.54, 1.807) is 0 Å². The van der Waals surface area contributed by atoms with Crippen molar-refractivity contribution in [2.45, 2.75) is 42.7 Å². The van der Waals surface area contributed by atoms with Crippen molar-refractivity contribution in [3.63, 3.8) is 0 Å². The Hall–Kier alpha value is -1.88. The molecule has 11 heteroatoms. The second-order valence-corrected chi connectivity index (χ2v) is 8.79. The van der Waals surface area contributed by atoms with Crippen molar-refractivity contribution < 1.29 is 22.7 Å². The summed E-state index contributed by atoms with van der Waals surface area (Å²) in [5.74, 6) is -0.263. The van der Waals surface area contributed by atoms with E-state index in [1.807, 2.05) is 0 Å². The SMILES string of the molecule is COc1ccc(S(=O)(=O)N2CCCCC2CN)cc1C1(C)NC(=O)NC1=O.Cl. The lowest BCUT2D eigenvalue weighted by Gasteiger charge is -2.34. The summed E-state index contributed by atoms with van der Waals surface area (Å²) in [5, 5.41) is 4.72. The van der Waals surface area contributed by atoms with Crippen LogP contribution in [0, 0.1) is 0 Å². The zero-order chi connectivity index (χ0) is 19.8. The van der Waals surface area contributed by atoms with E-state index in [0.29, 0.717) is 12.3 Å². The maximum absolute atomic E-state index is 13.2. The monoisotopic (exact) mass is 432 g/mol. The molecular weight excluding hydrogens is 408 g/mol. The molecule has 3 amide bonds. The van der Waals surface area contributed by atoms with Crippen molar-refractivity contribution in [1.29, 1.82) is 0 Å². The van der Waals surface area contributed by atoms with E-state index in [9.17, 15) is 18.0 Å². The number of nitrogens with two attached hydrogens (primary N) is 1. The van der Waals surface area contributed by atoms with Crippen LogP contribution in [0.1, 0.15) is 31.7 Å². The molecule has 0 bridgehead atoms. The summed E-state index contributed by atoms with van der Waals surface area (Å²) in [7, 11) is -2.39. The van der Waals surface area contributed by atoms with Crippen molar-refractivity contribution in [2.24, 2.45) is 5.73 Å². The molecule has 1 aromatic carbocycles. The average molecular weight is 433 g/mol. The first kappa shape index (κ1) is 22.4. The number of piperidine rings is 1. The molecular formula is C17H25ClN4O5S. The molecule has 0 spiro atoms. The number of amides is 3. The zero-order valence-corrected chi connectivity index (χ0v) is 17.4. The number of carbonyl (C=O) groups excluding carboxylic acids is 2. The highest BCUT2D eigenvalue weighted by atomic mass is 35.5. The Morgan fingerprint density at radius 1 is 1.32 bits per heavy atom. The predicted octanol–water partition coefficient (Wildman–Crippen LogP) is 0.674. The van der Waals surface area contributed by atoms with Gasteiger partial charge in [-0.15, -0.1) is 12.4 Å². The van der Waals surface area contributed by atoms with Crippen molar-refractivity contribution in [3.8, 4) is 5.75 Å². The summed E-state index contributed by atoms with van der Waals surface area (Å²) in [6.07, 6.45) is 2.43. The van der Waals surface area contributed by atoms with Crippen LogP contribution in [0.2, 0.25) is 0 Å². The van der Waals surface area contributed by atoms with Crippen LogP contribution in [0.15, 0.2) is 23.1 Å². The number of sulfonamides is 1. The van der Waals surface area contributed by atoms with Crippen molar-refractivity contribution in [1.82, 2.24) is 14.9 Å². The number of rotatable bonds is 5. The van der Waals surface area contributed by atoms with Gasteiger partial charge in [-0.2, -0.15) is 4.31 Å². The Labute approximate surface area is 170 Å². The fourth-order valence-corrected chi connectivity index (χ4v) is 5.36. The lowest BCUT2D eigenvalue weighted by molar-refractivity contribution is -0.123. The van der Waals surface area contributed by atoms with Gasteiger partial charge >= 0.3 is 6.03 Å². The maximum atomic E-state index is 13.2. The van der Waals surface area contributed by atoms with Gasteiger partial charge in [0.25, 0.3) is 5.91 Å². The minimum atomic E-state index is -3.80. The van der Waals surface area contributed by atoms with Gasteiger partial charge in [0.05, 0.1) is 12.0 Å². The third kappa shape index (κ3) is 3.69. The molecule has 156 valence electrons. The van der Waals surface area contributed by atoms with Crippen molar-refractivity contribution in [2.75, 3.05) is 20.2 Å². The molecule has 1 aromatic rings. The highest BCUT2D eigenvalue weighted by Crippen LogP contribution is 2.35. The molecule has 0 radical (unpaired) electrons. The Morgan fingerprint density at radius 3 is 2.61 bits per heavy atom. The fourth-order valence-electron chi connectivity index (χ4n) is 3.63. The largest absolute Gasteiger partial charge is 0.496 e. The highest BCUT2D eigenvalue weighted by Gasteiger charge is 2.46. The highest BCUT2D eigenvalue weighted by molar-refractivity contribution is 7.89. The molecule has 0 aliphatic carbocycles. The molecule has 2 heterocycles. The average Bonchev–Trinajstić information content (AvgIpc) is 2.93. The number of benzene rings is 1. The topological polar surface area (TPSA) is 131 Å². The Morgan fingerprint density at radius 2 is 2.04 bits per heavy atom. The lowest BCUT2D eigenvalue weighted by atomic mass is 9.91. The molecule has 2 aliphatic rings. The summed E-state index contributed by atoms with van der Waals surface area (Å²) in [5.41, 5.74) is 4.62. The summed E-state index contributed by atoms with van der Waals surface area (Å²) >= 11 is 0. The van der Waals surface area contributed by atoms with Gasteiger partial charge in [0, 0.05) is 24.7 Å². The number of carbonyl (C=O) groups is 2. The van der Waals surface area contributed by atoms with Crippen LogP contribution in [-0.4, -0.2) is 50.9 Å². The molecule has 9 nitrogen and oxygen atoms in total. The van der Waals surface area contributed by atoms with Crippen LogP contribution < -0.4 is 21.1 Å². The van der Waals surface area contributed by atoms with Gasteiger partial charge < -0.3 is 15.8 Å². The van der Waals surface area contributed by atoms with Gasteiger partial charge in [-0.3, -0.25) is 10.1 Å². The first-order chi connectivity index (χ1) is 12.7. The van der Waals surface area contributed by atoms with Gasteiger partial charge in [-0.25, -0.2) is 13.2 Å². The fraction of sp³-hybridized carbons (Fsp3) is 0.529. The molecule has 0 aromatic heterocycles. The molecule has 2 saturated heterocycles. The smallest absolute Gasteiger partial charge is 0.322 e. The third-order valence-corrected chi connectivity index (χ3v) is 7.15. The molecule has 2 unspecified atom stereocenters. The molecule has 4 N–H and O–H groups in total. The van der Waals surface area contributed by atoms with E-state index >= 15 is 0 Å². The zero-order valence-electron chi connectivity index (χ0n) is 15.7. The van der Waals surface area contributed by atoms with Gasteiger partial charge in [0.15, 0.2) is 0 Å². The number of imide groups is 1. The van der Waals surface area contributed by atoms with Gasteiger partial charge in [-0.05, 0) is 38.0 Å². The van der Waals surface area contributed by atoms with Gasteiger partial charge in [-0.1, -0.05) is 6.42 Å². The summed E-state index contributed by atoms with van der Waals surface area (Å²) < 4.78 is 33.2. The van der Waals surface area contributed by atoms with Gasteiger partial charge in [0.1, 0.15) is 11.3 Å². The number of nitrogens with zero attached hydrogens (tertiary/aromatic N) is 1. The number of halogens is 1. The second kappa shape index (κ2) is 8.24. The van der Waals surface area contributed by atoms with Crippen molar-refractivity contribution >= 4 is 34.4 Å². The van der Waals surface area contributed by atoms with Crippen LogP contribution in [0.5, 0.6) is 5.75 Å². The first-order valence-corrected chi connectivity index (χ1v) is 10.2. The lowest BCUT2D eigenvalue weighted by Crippen LogP contribution is -2.47. The Bertz CT molecular complexity index is 878. The number of hydrogen-bond donors (Lipinski definition) is 3. The molecule has 2 fully saturated rings. The Balaban J connectivity index is 0.00000280. The van der Waals surface area contributed by atoms with Crippen LogP contribution in [0.3, 0.4) is 0 Å². The van der Waals surface area contributed by atoms with Gasteiger partial charge in [0.2, 0.25) is 10.0 Å². The Kier molecular flexibility index (Phi) is 6.59. The second-order valence-electron chi connectivity index (χ2n) is 6.90. The third-order valence-electron chi connectivity index (χ3n) is 5.21. The normalized spacial score (nSPS) is 25.6. The van der Waals surface area contributed by atoms with E-state index in [2.05, 4.69) is 10.6 Å². The van der Waals surface area contributed by atoms with Crippen LogP contribution in [0.25, 0.3) is 0 Å². The van der Waals surface area contributed by atoms with E-state index in [-0.39, 0.29) is 35.5 Å². The summed E-state index contributed by atoms with van der Waals surface area (Å²) in [4.78, 5) is 24.0. The number of hydrogen-bond acceptors (Lipinski definition) is 6. The van der Waals surface area contributed by atoms with E-state index in [1.165, 1.54) is 36.5 Å². The van der Waals surface area contributed by atoms with E-state index < -0.39 is 27.5 Å². The van der Waals surface area contributed by atoms with Crippen LogP contribution >= 0.6 is 12.4 Å².